The Morgan fingerprint density at radius 3 is 2.62 bits per heavy atom. The third kappa shape index (κ3) is 6.03. The molecule has 0 heterocycles. The van der Waals surface area contributed by atoms with E-state index in [-0.39, 0.29) is 0 Å². The number of allylic oxidation sites excluding steroid dienone is 2. The van der Waals surface area contributed by atoms with Crippen LogP contribution in [-0.2, 0) is 0 Å². The van der Waals surface area contributed by atoms with E-state index in [1.54, 1.807) is 0 Å². The summed E-state index contributed by atoms with van der Waals surface area (Å²) in [7, 11) is 0. The highest BCUT2D eigenvalue weighted by atomic mass is 35.5. The van der Waals surface area contributed by atoms with Gasteiger partial charge in [0.05, 0.1) is 0 Å². The van der Waals surface area contributed by atoms with Crippen LogP contribution in [0, 0.1) is 0 Å². The maximum absolute atomic E-state index is 5.45. The molecule has 0 amide bonds. The van der Waals surface area contributed by atoms with Crippen molar-refractivity contribution in [2.75, 3.05) is 5.88 Å². The van der Waals surface area contributed by atoms with E-state index in [9.17, 15) is 0 Å². The quantitative estimate of drug-likeness (QED) is 0.314. The fourth-order valence-electron chi connectivity index (χ4n) is 0.480. The summed E-state index contributed by atoms with van der Waals surface area (Å²) in [4.78, 5) is 0. The summed E-state index contributed by atoms with van der Waals surface area (Å²) in [5.74, 6) is 0.786. The van der Waals surface area contributed by atoms with Crippen LogP contribution in [0.5, 0.6) is 0 Å². The molecule has 0 unspecified atom stereocenters. The Labute approximate surface area is 56.5 Å². The summed E-state index contributed by atoms with van der Waals surface area (Å²) < 4.78 is 0. The first kappa shape index (κ1) is 8.03. The second-order valence-corrected chi connectivity index (χ2v) is 2.09. The lowest BCUT2D eigenvalue weighted by Crippen LogP contribution is -1.69. The number of rotatable bonds is 4. The number of hydrogen-bond acceptors (Lipinski definition) is 0. The molecule has 0 nitrogen and oxygen atoms in total. The van der Waals surface area contributed by atoms with Gasteiger partial charge in [-0.3, -0.25) is 0 Å². The van der Waals surface area contributed by atoms with Crippen molar-refractivity contribution < 1.29 is 0 Å². The zero-order valence-corrected chi connectivity index (χ0v) is 6.12. The van der Waals surface area contributed by atoms with Crippen LogP contribution >= 0.6 is 11.6 Å². The van der Waals surface area contributed by atoms with Crippen LogP contribution in [0.25, 0.3) is 0 Å². The SMILES string of the molecule is CC/C=C\CCCCl. The van der Waals surface area contributed by atoms with Gasteiger partial charge in [0, 0.05) is 5.88 Å². The van der Waals surface area contributed by atoms with Crippen molar-refractivity contribution in [2.45, 2.75) is 26.2 Å². The average molecular weight is 133 g/mol. The Hall–Kier alpha value is 0.0300. The summed E-state index contributed by atoms with van der Waals surface area (Å²) in [6, 6.07) is 0. The predicted octanol–water partition coefficient (Wildman–Crippen LogP) is 2.97. The lowest BCUT2D eigenvalue weighted by Gasteiger charge is -1.84. The van der Waals surface area contributed by atoms with E-state index in [1.165, 1.54) is 0 Å². The van der Waals surface area contributed by atoms with Gasteiger partial charge in [-0.1, -0.05) is 19.1 Å². The molecule has 0 bridgehead atoms. The van der Waals surface area contributed by atoms with E-state index in [1.807, 2.05) is 0 Å². The molecule has 0 saturated heterocycles. The van der Waals surface area contributed by atoms with Crippen LogP contribution in [0.3, 0.4) is 0 Å². The minimum Gasteiger partial charge on any atom is -0.127 e. The van der Waals surface area contributed by atoms with E-state index < -0.39 is 0 Å². The fourth-order valence-corrected chi connectivity index (χ4v) is 0.634. The Morgan fingerprint density at radius 1 is 1.38 bits per heavy atom. The second-order valence-electron chi connectivity index (χ2n) is 1.71. The van der Waals surface area contributed by atoms with Crippen LogP contribution in [0.1, 0.15) is 26.2 Å². The Balaban J connectivity index is 2.80. The van der Waals surface area contributed by atoms with Crippen LogP contribution in [0.15, 0.2) is 12.2 Å². The standard InChI is InChI=1S/C7H13Cl/c1-2-3-4-5-6-7-8/h3-4H,2,5-7H2,1H3/b4-3-. The number of hydrogen-bond donors (Lipinski definition) is 0. The Kier molecular flexibility index (Phi) is 7.06. The molecular formula is C7H13Cl. The van der Waals surface area contributed by atoms with Crippen molar-refractivity contribution in [3.05, 3.63) is 12.2 Å². The molecule has 0 aliphatic rings. The zero-order chi connectivity index (χ0) is 6.24. The molecule has 0 aromatic rings. The van der Waals surface area contributed by atoms with Crippen molar-refractivity contribution in [3.63, 3.8) is 0 Å². The summed E-state index contributed by atoms with van der Waals surface area (Å²) in [6.07, 6.45) is 7.74. The lowest BCUT2D eigenvalue weighted by molar-refractivity contribution is 0.959. The van der Waals surface area contributed by atoms with Gasteiger partial charge in [0.25, 0.3) is 0 Å². The van der Waals surface area contributed by atoms with Gasteiger partial charge < -0.3 is 0 Å². The van der Waals surface area contributed by atoms with Gasteiger partial charge >= 0.3 is 0 Å². The molecule has 0 rings (SSSR count). The monoisotopic (exact) mass is 132 g/mol. The molecule has 0 fully saturated rings. The molecule has 0 atom stereocenters. The number of unbranched alkanes of at least 4 members (excludes halogenated alkanes) is 1. The first-order valence-electron chi connectivity index (χ1n) is 3.12. The maximum Gasteiger partial charge on any atom is 0.0226 e. The molecule has 0 spiro atoms. The average Bonchev–Trinajstić information content (AvgIpc) is 1.81. The molecule has 0 aromatic heterocycles. The van der Waals surface area contributed by atoms with Crippen molar-refractivity contribution in [3.8, 4) is 0 Å². The minimum absolute atomic E-state index is 0.786. The smallest absolute Gasteiger partial charge is 0.0226 e. The third-order valence-corrected chi connectivity index (χ3v) is 1.17. The van der Waals surface area contributed by atoms with Gasteiger partial charge in [-0.15, -0.1) is 11.6 Å². The summed E-state index contributed by atoms with van der Waals surface area (Å²) >= 11 is 5.45. The van der Waals surface area contributed by atoms with Gasteiger partial charge in [-0.05, 0) is 19.3 Å². The van der Waals surface area contributed by atoms with E-state index in [0.29, 0.717) is 0 Å². The van der Waals surface area contributed by atoms with Crippen LogP contribution < -0.4 is 0 Å². The van der Waals surface area contributed by atoms with Gasteiger partial charge in [-0.25, -0.2) is 0 Å². The molecule has 0 aromatic carbocycles. The summed E-state index contributed by atoms with van der Waals surface area (Å²) in [6.45, 7) is 2.14. The highest BCUT2D eigenvalue weighted by Crippen LogP contribution is 1.93. The second kappa shape index (κ2) is 7.03. The van der Waals surface area contributed by atoms with Gasteiger partial charge in [0.15, 0.2) is 0 Å². The summed E-state index contributed by atoms with van der Waals surface area (Å²) in [5, 5.41) is 0. The molecule has 1 heteroatoms. The topological polar surface area (TPSA) is 0 Å². The van der Waals surface area contributed by atoms with Crippen LogP contribution in [0.2, 0.25) is 0 Å². The lowest BCUT2D eigenvalue weighted by atomic mass is 10.3. The molecule has 0 saturated carbocycles. The molecule has 8 heavy (non-hydrogen) atoms. The first-order valence-corrected chi connectivity index (χ1v) is 3.66. The van der Waals surface area contributed by atoms with Gasteiger partial charge in [0.2, 0.25) is 0 Å². The van der Waals surface area contributed by atoms with Gasteiger partial charge in [-0.2, -0.15) is 0 Å². The van der Waals surface area contributed by atoms with Crippen molar-refractivity contribution >= 4 is 11.6 Å². The van der Waals surface area contributed by atoms with E-state index >= 15 is 0 Å². The molecule has 0 N–H and O–H groups in total. The summed E-state index contributed by atoms with van der Waals surface area (Å²) in [5.41, 5.74) is 0. The molecular weight excluding hydrogens is 120 g/mol. The molecule has 0 aliphatic carbocycles. The van der Waals surface area contributed by atoms with E-state index in [0.717, 1.165) is 25.1 Å². The minimum atomic E-state index is 0.786. The normalized spacial score (nSPS) is 10.8. The Bertz CT molecular complexity index is 57.4. The first-order chi connectivity index (χ1) is 3.91. The van der Waals surface area contributed by atoms with E-state index in [4.69, 9.17) is 11.6 Å². The highest BCUT2D eigenvalue weighted by Gasteiger charge is 1.76. The number of halogens is 1. The largest absolute Gasteiger partial charge is 0.127 e. The number of alkyl halides is 1. The molecule has 48 valence electrons. The maximum atomic E-state index is 5.45. The molecule has 0 aliphatic heterocycles. The van der Waals surface area contributed by atoms with E-state index in [2.05, 4.69) is 19.1 Å². The van der Waals surface area contributed by atoms with Crippen molar-refractivity contribution in [1.29, 1.82) is 0 Å². The van der Waals surface area contributed by atoms with Crippen LogP contribution in [-0.4, -0.2) is 5.88 Å². The predicted molar refractivity (Wildman–Crippen MR) is 39.4 cm³/mol. The zero-order valence-electron chi connectivity index (χ0n) is 5.36. The molecule has 0 radical (unpaired) electrons. The Morgan fingerprint density at radius 2 is 2.12 bits per heavy atom. The van der Waals surface area contributed by atoms with Gasteiger partial charge in [0.1, 0.15) is 0 Å². The third-order valence-electron chi connectivity index (χ3n) is 0.907. The highest BCUT2D eigenvalue weighted by molar-refractivity contribution is 6.17. The van der Waals surface area contributed by atoms with Crippen molar-refractivity contribution in [1.82, 2.24) is 0 Å². The fraction of sp³-hybridized carbons (Fsp3) is 0.714. The van der Waals surface area contributed by atoms with Crippen LogP contribution in [0.4, 0.5) is 0 Å². The van der Waals surface area contributed by atoms with Crippen molar-refractivity contribution in [2.24, 2.45) is 0 Å².